The predicted octanol–water partition coefficient (Wildman–Crippen LogP) is 3.80. The van der Waals surface area contributed by atoms with E-state index in [2.05, 4.69) is 59.1 Å². The molecule has 0 bridgehead atoms. The minimum absolute atomic E-state index is 0.316. The highest BCUT2D eigenvalue weighted by Gasteiger charge is 2.28. The zero-order chi connectivity index (χ0) is 13.2. The first-order valence-corrected chi connectivity index (χ1v) is 7.58. The van der Waals surface area contributed by atoms with E-state index in [0.717, 1.165) is 23.5 Å². The summed E-state index contributed by atoms with van der Waals surface area (Å²) in [6.07, 6.45) is 5.65. The lowest BCUT2D eigenvalue weighted by atomic mass is 9.78. The van der Waals surface area contributed by atoms with Crippen LogP contribution in [0.2, 0.25) is 0 Å². The molecule has 1 unspecified atom stereocenters. The number of hydrogen-bond donors (Lipinski definition) is 1. The minimum Gasteiger partial charge on any atom is -0.314 e. The fourth-order valence-electron chi connectivity index (χ4n) is 2.06. The lowest BCUT2D eigenvalue weighted by Gasteiger charge is -2.31. The van der Waals surface area contributed by atoms with Gasteiger partial charge in [0.05, 0.1) is 0 Å². The number of aromatic nitrogens is 1. The molecule has 0 amide bonds. The van der Waals surface area contributed by atoms with Gasteiger partial charge in [-0.2, -0.15) is 0 Å². The summed E-state index contributed by atoms with van der Waals surface area (Å²) in [6, 6.07) is 4.99. The van der Waals surface area contributed by atoms with Crippen LogP contribution in [0.25, 0.3) is 0 Å². The number of pyridine rings is 1. The van der Waals surface area contributed by atoms with E-state index in [-0.39, 0.29) is 0 Å². The molecule has 1 aromatic heterocycles. The fourth-order valence-corrected chi connectivity index (χ4v) is 2.30. The van der Waals surface area contributed by atoms with Crippen molar-refractivity contribution in [2.45, 2.75) is 46.1 Å². The van der Waals surface area contributed by atoms with Crippen molar-refractivity contribution in [3.05, 3.63) is 28.5 Å². The van der Waals surface area contributed by atoms with E-state index in [9.17, 15) is 0 Å². The lowest BCUT2D eigenvalue weighted by molar-refractivity contribution is 0.228. The van der Waals surface area contributed by atoms with E-state index in [1.807, 2.05) is 6.20 Å². The summed E-state index contributed by atoms with van der Waals surface area (Å²) in [5.41, 5.74) is 1.51. The summed E-state index contributed by atoms with van der Waals surface area (Å²) in [5, 5.41) is 3.66. The molecule has 1 heterocycles. The highest BCUT2D eigenvalue weighted by atomic mass is 79.9. The maximum Gasteiger partial charge on any atom is 0.0413 e. The zero-order valence-electron chi connectivity index (χ0n) is 11.5. The molecule has 100 valence electrons. The van der Waals surface area contributed by atoms with Gasteiger partial charge in [-0.15, -0.1) is 0 Å². The Hall–Kier alpha value is -0.410. The van der Waals surface area contributed by atoms with Crippen LogP contribution in [0, 0.1) is 11.3 Å². The summed E-state index contributed by atoms with van der Waals surface area (Å²) < 4.78 is 1.05. The Labute approximate surface area is 119 Å². The van der Waals surface area contributed by atoms with Crippen molar-refractivity contribution in [3.8, 4) is 0 Å². The van der Waals surface area contributed by atoms with Gasteiger partial charge in [0, 0.05) is 22.4 Å². The average molecular weight is 311 g/mol. The van der Waals surface area contributed by atoms with Gasteiger partial charge in [0.1, 0.15) is 0 Å². The van der Waals surface area contributed by atoms with Gasteiger partial charge in [-0.1, -0.05) is 20.8 Å². The molecule has 0 aliphatic heterocycles. The van der Waals surface area contributed by atoms with Crippen LogP contribution in [0.1, 0.15) is 39.3 Å². The molecule has 1 saturated carbocycles. The first kappa shape index (κ1) is 14.0. The van der Waals surface area contributed by atoms with Gasteiger partial charge < -0.3 is 5.32 Å². The number of rotatable bonds is 5. The third-order valence-electron chi connectivity index (χ3n) is 3.70. The van der Waals surface area contributed by atoms with Gasteiger partial charge in [0.2, 0.25) is 0 Å². The average Bonchev–Trinajstić information content (AvgIpc) is 3.09. The van der Waals surface area contributed by atoms with Crippen molar-refractivity contribution >= 4 is 15.9 Å². The molecule has 2 rings (SSSR count). The highest BCUT2D eigenvalue weighted by Crippen LogP contribution is 2.29. The molecule has 1 aliphatic rings. The summed E-state index contributed by atoms with van der Waals surface area (Å²) in [7, 11) is 0. The van der Waals surface area contributed by atoms with Crippen molar-refractivity contribution < 1.29 is 0 Å². The van der Waals surface area contributed by atoms with Gasteiger partial charge in [0.25, 0.3) is 0 Å². The van der Waals surface area contributed by atoms with Crippen LogP contribution in [0.4, 0.5) is 0 Å². The van der Waals surface area contributed by atoms with Crippen LogP contribution in [-0.4, -0.2) is 17.6 Å². The third kappa shape index (κ3) is 4.36. The van der Waals surface area contributed by atoms with Crippen molar-refractivity contribution in [2.24, 2.45) is 11.3 Å². The zero-order valence-corrected chi connectivity index (χ0v) is 13.1. The summed E-state index contributed by atoms with van der Waals surface area (Å²) in [5.74, 6) is 0.631. The number of halogens is 1. The van der Waals surface area contributed by atoms with E-state index >= 15 is 0 Å². The number of nitrogens with one attached hydrogen (secondary N) is 1. The van der Waals surface area contributed by atoms with Crippen LogP contribution in [0.15, 0.2) is 22.8 Å². The van der Waals surface area contributed by atoms with Gasteiger partial charge in [0.15, 0.2) is 0 Å². The summed E-state index contributed by atoms with van der Waals surface area (Å²) in [4.78, 5) is 4.50. The molecule has 0 spiro atoms. The van der Waals surface area contributed by atoms with Gasteiger partial charge in [-0.3, -0.25) is 4.98 Å². The number of nitrogens with zero attached hydrogens (tertiary/aromatic N) is 1. The van der Waals surface area contributed by atoms with Crippen LogP contribution < -0.4 is 5.32 Å². The third-order valence-corrected chi connectivity index (χ3v) is 4.17. The highest BCUT2D eigenvalue weighted by molar-refractivity contribution is 9.10. The van der Waals surface area contributed by atoms with Crippen LogP contribution >= 0.6 is 15.9 Å². The maximum atomic E-state index is 4.50. The molecule has 1 fully saturated rings. The van der Waals surface area contributed by atoms with E-state index in [0.29, 0.717) is 11.3 Å². The Morgan fingerprint density at radius 2 is 2.11 bits per heavy atom. The Bertz CT molecular complexity index is 376. The van der Waals surface area contributed by atoms with Crippen molar-refractivity contribution in [2.75, 3.05) is 6.54 Å². The second-order valence-corrected chi connectivity index (χ2v) is 7.33. The van der Waals surface area contributed by atoms with E-state index < -0.39 is 0 Å². The molecular weight excluding hydrogens is 288 g/mol. The Morgan fingerprint density at radius 3 is 2.61 bits per heavy atom. The minimum atomic E-state index is 0.316. The standard InChI is InChI=1S/C15H23BrN2/c1-15(2,3)11(9-17-13-6-7-13)8-14-5-4-12(16)10-18-14/h4-5,10-11,13,17H,6-9H2,1-3H3. The maximum absolute atomic E-state index is 4.50. The smallest absolute Gasteiger partial charge is 0.0413 e. The molecule has 1 N–H and O–H groups in total. The molecule has 18 heavy (non-hydrogen) atoms. The van der Waals surface area contributed by atoms with Gasteiger partial charge in [-0.25, -0.2) is 0 Å². The van der Waals surface area contributed by atoms with Crippen LogP contribution in [0.3, 0.4) is 0 Å². The van der Waals surface area contributed by atoms with Crippen LogP contribution in [-0.2, 0) is 6.42 Å². The molecule has 2 nitrogen and oxygen atoms in total. The topological polar surface area (TPSA) is 24.9 Å². The quantitative estimate of drug-likeness (QED) is 0.894. The van der Waals surface area contributed by atoms with E-state index in [1.54, 1.807) is 0 Å². The molecule has 0 saturated heterocycles. The molecule has 1 aliphatic carbocycles. The van der Waals surface area contributed by atoms with Gasteiger partial charge in [-0.05, 0) is 65.2 Å². The van der Waals surface area contributed by atoms with Crippen LogP contribution in [0.5, 0.6) is 0 Å². The number of hydrogen-bond acceptors (Lipinski definition) is 2. The Balaban J connectivity index is 1.96. The first-order valence-electron chi connectivity index (χ1n) is 6.79. The van der Waals surface area contributed by atoms with E-state index in [1.165, 1.54) is 18.5 Å². The second kappa shape index (κ2) is 5.70. The molecule has 1 aromatic rings. The molecule has 0 radical (unpaired) electrons. The molecule has 3 heteroatoms. The SMILES string of the molecule is CC(C)(C)C(CNC1CC1)Cc1ccc(Br)cn1. The first-order chi connectivity index (χ1) is 8.45. The molecule has 1 atom stereocenters. The predicted molar refractivity (Wildman–Crippen MR) is 79.6 cm³/mol. The summed E-state index contributed by atoms with van der Waals surface area (Å²) >= 11 is 3.43. The van der Waals surface area contributed by atoms with Crippen molar-refractivity contribution in [1.29, 1.82) is 0 Å². The normalized spacial score (nSPS) is 17.8. The largest absolute Gasteiger partial charge is 0.314 e. The fraction of sp³-hybridized carbons (Fsp3) is 0.667. The second-order valence-electron chi connectivity index (χ2n) is 6.42. The molecule has 0 aromatic carbocycles. The lowest BCUT2D eigenvalue weighted by Crippen LogP contribution is -2.34. The monoisotopic (exact) mass is 310 g/mol. The Kier molecular flexibility index (Phi) is 4.44. The van der Waals surface area contributed by atoms with Crippen molar-refractivity contribution in [1.82, 2.24) is 10.3 Å². The van der Waals surface area contributed by atoms with Crippen molar-refractivity contribution in [3.63, 3.8) is 0 Å². The van der Waals surface area contributed by atoms with E-state index in [4.69, 9.17) is 0 Å². The molecular formula is C15H23BrN2. The van der Waals surface area contributed by atoms with Gasteiger partial charge >= 0.3 is 0 Å². The Morgan fingerprint density at radius 1 is 1.39 bits per heavy atom. The summed E-state index contributed by atoms with van der Waals surface area (Å²) in [6.45, 7) is 8.08.